The molecule has 0 aliphatic carbocycles. The average molecular weight is 215 g/mol. The molecule has 0 radical (unpaired) electrons. The third kappa shape index (κ3) is 2.20. The van der Waals surface area contributed by atoms with Crippen LogP contribution in [-0.2, 0) is 4.79 Å². The van der Waals surface area contributed by atoms with Crippen LogP contribution in [0.1, 0.15) is 18.5 Å². The smallest absolute Gasteiger partial charge is 0.228 e. The molecule has 16 heavy (non-hydrogen) atoms. The van der Waals surface area contributed by atoms with Crippen molar-refractivity contribution < 1.29 is 4.79 Å². The predicted molar refractivity (Wildman–Crippen MR) is 61.8 cm³/mol. The highest BCUT2D eigenvalue weighted by atomic mass is 16.2. The summed E-state index contributed by atoms with van der Waals surface area (Å²) in [5, 5.41) is 0. The first-order chi connectivity index (χ1) is 7.81. The van der Waals surface area contributed by atoms with Crippen molar-refractivity contribution in [1.82, 2.24) is 4.98 Å². The third-order valence-electron chi connectivity index (χ3n) is 2.40. The van der Waals surface area contributed by atoms with E-state index in [1.807, 2.05) is 18.2 Å². The van der Waals surface area contributed by atoms with Crippen molar-refractivity contribution in [3.63, 3.8) is 0 Å². The van der Waals surface area contributed by atoms with Crippen LogP contribution < -0.4 is 10.6 Å². The molecule has 2 N–H and O–H groups in total. The number of aromatic nitrogens is 1. The van der Waals surface area contributed by atoms with Gasteiger partial charge in [-0.05, 0) is 24.5 Å². The minimum atomic E-state index is 0.136. The third-order valence-corrected chi connectivity index (χ3v) is 2.40. The Bertz CT molecular complexity index is 459. The maximum Gasteiger partial charge on any atom is 0.228 e. The number of carbonyl (C=O) groups excluding carboxylic acids is 1. The van der Waals surface area contributed by atoms with Crippen molar-refractivity contribution in [2.24, 2.45) is 5.73 Å². The highest BCUT2D eigenvalue weighted by molar-refractivity contribution is 5.94. The zero-order valence-corrected chi connectivity index (χ0v) is 8.94. The molecule has 4 heteroatoms. The van der Waals surface area contributed by atoms with Crippen LogP contribution in [-0.4, -0.2) is 24.0 Å². The fourth-order valence-corrected chi connectivity index (χ4v) is 1.68. The zero-order chi connectivity index (χ0) is 11.4. The SMILES string of the molecule is NCC#Cc1cccc(N2CCCC2=O)n1. The molecule has 2 heterocycles. The van der Waals surface area contributed by atoms with E-state index in [-0.39, 0.29) is 5.91 Å². The molecule has 1 saturated heterocycles. The van der Waals surface area contributed by atoms with Gasteiger partial charge in [-0.15, -0.1) is 0 Å². The van der Waals surface area contributed by atoms with Crippen LogP contribution in [0.25, 0.3) is 0 Å². The van der Waals surface area contributed by atoms with E-state index in [4.69, 9.17) is 5.73 Å². The maximum absolute atomic E-state index is 11.5. The highest BCUT2D eigenvalue weighted by Crippen LogP contribution is 2.18. The number of carbonyl (C=O) groups is 1. The van der Waals surface area contributed by atoms with Crippen LogP contribution in [0.5, 0.6) is 0 Å². The van der Waals surface area contributed by atoms with E-state index in [2.05, 4.69) is 16.8 Å². The minimum Gasteiger partial charge on any atom is -0.320 e. The summed E-state index contributed by atoms with van der Waals surface area (Å²) in [6, 6.07) is 5.50. The number of nitrogens with zero attached hydrogens (tertiary/aromatic N) is 2. The fourth-order valence-electron chi connectivity index (χ4n) is 1.68. The van der Waals surface area contributed by atoms with Crippen LogP contribution in [0.15, 0.2) is 18.2 Å². The number of rotatable bonds is 1. The van der Waals surface area contributed by atoms with Gasteiger partial charge in [-0.25, -0.2) is 4.98 Å². The normalized spacial score (nSPS) is 14.8. The van der Waals surface area contributed by atoms with Gasteiger partial charge >= 0.3 is 0 Å². The Morgan fingerprint density at radius 2 is 2.38 bits per heavy atom. The molecule has 1 fully saturated rings. The Hall–Kier alpha value is -1.86. The molecule has 0 atom stereocenters. The van der Waals surface area contributed by atoms with Crippen molar-refractivity contribution in [2.75, 3.05) is 18.0 Å². The summed E-state index contributed by atoms with van der Waals surface area (Å²) in [5.41, 5.74) is 5.95. The lowest BCUT2D eigenvalue weighted by Crippen LogP contribution is -2.24. The van der Waals surface area contributed by atoms with Gasteiger partial charge in [0.15, 0.2) is 0 Å². The van der Waals surface area contributed by atoms with Crippen LogP contribution in [0.2, 0.25) is 0 Å². The monoisotopic (exact) mass is 215 g/mol. The van der Waals surface area contributed by atoms with Gasteiger partial charge in [0.1, 0.15) is 11.5 Å². The summed E-state index contributed by atoms with van der Waals surface area (Å²) in [5.74, 6) is 6.43. The van der Waals surface area contributed by atoms with Gasteiger partial charge in [-0.3, -0.25) is 9.69 Å². The van der Waals surface area contributed by atoms with Crippen molar-refractivity contribution >= 4 is 11.7 Å². The summed E-state index contributed by atoms with van der Waals surface area (Å²) >= 11 is 0. The van der Waals surface area contributed by atoms with Crippen LogP contribution >= 0.6 is 0 Å². The Balaban J connectivity index is 2.25. The Kier molecular flexibility index (Phi) is 3.18. The molecule has 4 nitrogen and oxygen atoms in total. The molecule has 1 aliphatic rings. The van der Waals surface area contributed by atoms with Gasteiger partial charge in [0, 0.05) is 13.0 Å². The lowest BCUT2D eigenvalue weighted by Gasteiger charge is -2.13. The summed E-state index contributed by atoms with van der Waals surface area (Å²) in [7, 11) is 0. The van der Waals surface area contributed by atoms with Gasteiger partial charge in [-0.2, -0.15) is 0 Å². The molecule has 1 aromatic heterocycles. The second-order valence-electron chi connectivity index (χ2n) is 3.54. The molecule has 0 aromatic carbocycles. The van der Waals surface area contributed by atoms with Gasteiger partial charge in [0.05, 0.1) is 6.54 Å². The van der Waals surface area contributed by atoms with Crippen molar-refractivity contribution in [1.29, 1.82) is 0 Å². The van der Waals surface area contributed by atoms with Gasteiger partial charge in [-0.1, -0.05) is 12.0 Å². The Morgan fingerprint density at radius 1 is 1.50 bits per heavy atom. The molecule has 1 aromatic rings. The Labute approximate surface area is 94.5 Å². The van der Waals surface area contributed by atoms with Crippen LogP contribution in [0.4, 0.5) is 5.82 Å². The van der Waals surface area contributed by atoms with E-state index in [0.717, 1.165) is 13.0 Å². The minimum absolute atomic E-state index is 0.136. The molecule has 0 unspecified atom stereocenters. The summed E-state index contributed by atoms with van der Waals surface area (Å²) < 4.78 is 0. The van der Waals surface area contributed by atoms with Crippen molar-refractivity contribution in [2.45, 2.75) is 12.8 Å². The zero-order valence-electron chi connectivity index (χ0n) is 8.94. The van der Waals surface area contributed by atoms with E-state index in [9.17, 15) is 4.79 Å². The lowest BCUT2D eigenvalue weighted by molar-refractivity contribution is -0.117. The molecule has 1 amide bonds. The second-order valence-corrected chi connectivity index (χ2v) is 3.54. The van der Waals surface area contributed by atoms with Crippen LogP contribution in [0.3, 0.4) is 0 Å². The largest absolute Gasteiger partial charge is 0.320 e. The number of amides is 1. The number of hydrogen-bond acceptors (Lipinski definition) is 3. The first-order valence-electron chi connectivity index (χ1n) is 5.27. The van der Waals surface area contributed by atoms with Gasteiger partial charge in [0.2, 0.25) is 5.91 Å². The molecule has 82 valence electrons. The molecule has 0 saturated carbocycles. The average Bonchev–Trinajstić information content (AvgIpc) is 2.73. The summed E-state index contributed by atoms with van der Waals surface area (Å²) in [6.45, 7) is 1.06. The van der Waals surface area contributed by atoms with E-state index in [1.165, 1.54) is 0 Å². The van der Waals surface area contributed by atoms with Crippen molar-refractivity contribution in [3.05, 3.63) is 23.9 Å². The maximum atomic E-state index is 11.5. The molecule has 0 bridgehead atoms. The molecular weight excluding hydrogens is 202 g/mol. The number of anilines is 1. The van der Waals surface area contributed by atoms with E-state index >= 15 is 0 Å². The topological polar surface area (TPSA) is 59.2 Å². The van der Waals surface area contributed by atoms with Gasteiger partial charge < -0.3 is 5.73 Å². The fraction of sp³-hybridized carbons (Fsp3) is 0.333. The summed E-state index contributed by atoms with van der Waals surface area (Å²) in [4.78, 5) is 17.6. The highest BCUT2D eigenvalue weighted by Gasteiger charge is 2.22. The van der Waals surface area contributed by atoms with Gasteiger partial charge in [0.25, 0.3) is 0 Å². The second kappa shape index (κ2) is 4.77. The van der Waals surface area contributed by atoms with Crippen LogP contribution in [0, 0.1) is 11.8 Å². The van der Waals surface area contributed by atoms with Crippen molar-refractivity contribution in [3.8, 4) is 11.8 Å². The molecular formula is C12H13N3O. The number of nitrogens with two attached hydrogens (primary N) is 1. The standard InChI is InChI=1S/C12H13N3O/c13-8-2-5-10-4-1-6-11(14-10)15-9-3-7-12(15)16/h1,4,6H,3,7-9,13H2. The van der Waals surface area contributed by atoms with E-state index < -0.39 is 0 Å². The molecule has 2 rings (SSSR count). The lowest BCUT2D eigenvalue weighted by atomic mass is 10.3. The first kappa shape index (κ1) is 10.7. The predicted octanol–water partition coefficient (Wildman–Crippen LogP) is 0.519. The first-order valence-corrected chi connectivity index (χ1v) is 5.27. The molecule has 0 spiro atoms. The Morgan fingerprint density at radius 3 is 3.06 bits per heavy atom. The number of hydrogen-bond donors (Lipinski definition) is 1. The van der Waals surface area contributed by atoms with E-state index in [1.54, 1.807) is 4.90 Å². The summed E-state index contributed by atoms with van der Waals surface area (Å²) in [6.07, 6.45) is 1.51. The molecule has 1 aliphatic heterocycles. The quantitative estimate of drug-likeness (QED) is 0.695. The number of pyridine rings is 1. The van der Waals surface area contributed by atoms with E-state index in [0.29, 0.717) is 24.5 Å².